The molecule has 1 atom stereocenters. The molecule has 12 heteroatoms. The number of anilines is 2. The van der Waals surface area contributed by atoms with Crippen molar-refractivity contribution in [2.75, 3.05) is 25.5 Å². The predicted molar refractivity (Wildman–Crippen MR) is 115 cm³/mol. The zero-order valence-corrected chi connectivity index (χ0v) is 17.5. The second-order valence-corrected chi connectivity index (χ2v) is 7.34. The topological polar surface area (TPSA) is 158 Å². The van der Waals surface area contributed by atoms with E-state index in [0.717, 1.165) is 24.8 Å². The van der Waals surface area contributed by atoms with Gasteiger partial charge >= 0.3 is 0 Å². The first-order valence-electron chi connectivity index (χ1n) is 10.2. The fraction of sp³-hybridized carbons (Fsp3) is 0.400. The highest BCUT2D eigenvalue weighted by atomic mass is 16.7. The lowest BCUT2D eigenvalue weighted by Gasteiger charge is -2.20. The van der Waals surface area contributed by atoms with Gasteiger partial charge in [-0.15, -0.1) is 0 Å². The quantitative estimate of drug-likeness (QED) is 0.513. The highest BCUT2D eigenvalue weighted by Gasteiger charge is 2.32. The molecule has 1 aliphatic carbocycles. The van der Waals surface area contributed by atoms with E-state index in [1.54, 1.807) is 18.6 Å². The van der Waals surface area contributed by atoms with Crippen molar-refractivity contribution in [3.8, 4) is 0 Å². The Morgan fingerprint density at radius 3 is 2.72 bits per heavy atom. The third-order valence-corrected chi connectivity index (χ3v) is 5.01. The minimum atomic E-state index is -1.05. The molecule has 2 aliphatic rings. The fourth-order valence-electron chi connectivity index (χ4n) is 3.23. The highest BCUT2D eigenvalue weighted by Crippen LogP contribution is 2.39. The number of rotatable bonds is 8. The normalized spacial score (nSPS) is 17.0. The molecule has 2 aromatic heterocycles. The summed E-state index contributed by atoms with van der Waals surface area (Å²) in [6.45, 7) is 0.866. The van der Waals surface area contributed by atoms with Crippen molar-refractivity contribution in [2.24, 2.45) is 4.99 Å². The lowest BCUT2D eigenvalue weighted by molar-refractivity contribution is -0.160. The van der Waals surface area contributed by atoms with Crippen molar-refractivity contribution in [3.05, 3.63) is 36.3 Å². The first-order chi connectivity index (χ1) is 15.6. The zero-order chi connectivity index (χ0) is 22.5. The van der Waals surface area contributed by atoms with Crippen LogP contribution in [0, 0.1) is 5.41 Å². The number of hydrogen-bond donors (Lipinski definition) is 3. The van der Waals surface area contributed by atoms with Gasteiger partial charge in [-0.1, -0.05) is 0 Å². The summed E-state index contributed by atoms with van der Waals surface area (Å²) in [5.41, 5.74) is 1.30. The summed E-state index contributed by atoms with van der Waals surface area (Å²) in [6.07, 6.45) is 9.77. The van der Waals surface area contributed by atoms with E-state index >= 15 is 0 Å². The lowest BCUT2D eigenvalue weighted by atomic mass is 10.1. The maximum absolute atomic E-state index is 13.2. The first kappa shape index (κ1) is 21.4. The van der Waals surface area contributed by atoms with Crippen molar-refractivity contribution in [1.29, 1.82) is 5.41 Å². The number of hydrogen-bond acceptors (Lipinski definition) is 10. The van der Waals surface area contributed by atoms with Gasteiger partial charge in [0.1, 0.15) is 18.1 Å². The van der Waals surface area contributed by atoms with E-state index in [0.29, 0.717) is 25.3 Å². The molecular weight excluding hydrogens is 414 g/mol. The molecule has 32 heavy (non-hydrogen) atoms. The minimum Gasteiger partial charge on any atom is -0.337 e. The highest BCUT2D eigenvalue weighted by molar-refractivity contribution is 6.43. The van der Waals surface area contributed by atoms with Gasteiger partial charge in [-0.25, -0.2) is 25.0 Å². The Morgan fingerprint density at radius 1 is 1.31 bits per heavy atom. The monoisotopic (exact) mass is 437 g/mol. The Labute approximate surface area is 184 Å². The Balaban J connectivity index is 1.58. The summed E-state index contributed by atoms with van der Waals surface area (Å²) < 4.78 is 0. The third kappa shape index (κ3) is 4.75. The molecule has 3 heterocycles. The van der Waals surface area contributed by atoms with Gasteiger partial charge in [-0.2, -0.15) is 0 Å². The molecule has 0 aromatic carbocycles. The largest absolute Gasteiger partial charge is 0.337 e. The second kappa shape index (κ2) is 9.56. The van der Waals surface area contributed by atoms with Gasteiger partial charge in [0.2, 0.25) is 0 Å². The van der Waals surface area contributed by atoms with Crippen LogP contribution in [0.15, 0.2) is 29.9 Å². The van der Waals surface area contributed by atoms with Gasteiger partial charge < -0.3 is 16.0 Å². The number of aromatic nitrogens is 4. The van der Waals surface area contributed by atoms with Crippen LogP contribution in [0.3, 0.4) is 0 Å². The van der Waals surface area contributed by atoms with Crippen LogP contribution in [-0.4, -0.2) is 75.0 Å². The van der Waals surface area contributed by atoms with Gasteiger partial charge in [0.25, 0.3) is 11.8 Å². The smallest absolute Gasteiger partial charge is 0.293 e. The van der Waals surface area contributed by atoms with Gasteiger partial charge in [0, 0.05) is 19.2 Å². The molecule has 2 amide bonds. The maximum atomic E-state index is 13.2. The fourth-order valence-corrected chi connectivity index (χ4v) is 3.23. The molecule has 1 aliphatic heterocycles. The number of carbonyl (C=O) groups excluding carboxylic acids is 2. The average Bonchev–Trinajstić information content (AvgIpc) is 3.52. The van der Waals surface area contributed by atoms with E-state index in [9.17, 15) is 9.59 Å². The Morgan fingerprint density at radius 2 is 2.09 bits per heavy atom. The molecule has 2 aromatic rings. The molecule has 0 spiro atoms. The molecule has 1 saturated carbocycles. The number of amides is 2. The summed E-state index contributed by atoms with van der Waals surface area (Å²) >= 11 is 0. The molecule has 0 radical (unpaired) electrons. The summed E-state index contributed by atoms with van der Waals surface area (Å²) in [5, 5.41) is 14.6. The first-order valence-corrected chi connectivity index (χ1v) is 10.2. The van der Waals surface area contributed by atoms with Crippen LogP contribution in [0.1, 0.15) is 41.4 Å². The third-order valence-electron chi connectivity index (χ3n) is 5.01. The van der Waals surface area contributed by atoms with Crippen molar-refractivity contribution < 1.29 is 14.4 Å². The van der Waals surface area contributed by atoms with Crippen LogP contribution < -0.4 is 10.6 Å². The maximum Gasteiger partial charge on any atom is 0.293 e. The summed E-state index contributed by atoms with van der Waals surface area (Å²) in [6, 6.07) is -1.05. The Hall–Kier alpha value is -3.80. The molecular formula is C20H23N9O3. The minimum absolute atomic E-state index is 0.00692. The Kier molecular flexibility index (Phi) is 6.40. The van der Waals surface area contributed by atoms with Crippen molar-refractivity contribution in [1.82, 2.24) is 30.3 Å². The van der Waals surface area contributed by atoms with E-state index in [1.807, 2.05) is 0 Å². The van der Waals surface area contributed by atoms with E-state index < -0.39 is 17.9 Å². The molecule has 1 unspecified atom stereocenters. The Bertz CT molecular complexity index is 1030. The van der Waals surface area contributed by atoms with E-state index in [-0.39, 0.29) is 23.1 Å². The molecule has 12 nitrogen and oxygen atoms in total. The molecule has 4 rings (SSSR count). The molecule has 0 bridgehead atoms. The molecule has 1 saturated heterocycles. The molecule has 3 N–H and O–H groups in total. The van der Waals surface area contributed by atoms with Crippen LogP contribution in [0.4, 0.5) is 11.5 Å². The SMILES string of the molecule is CN=C(C(=O)N1CCCO1)C(C=N)NC(=O)c1nc(C2CC2)cnc1Nc1cncnc1. The average molecular weight is 437 g/mol. The number of nitrogens with zero attached hydrogens (tertiary/aromatic N) is 6. The van der Waals surface area contributed by atoms with E-state index in [4.69, 9.17) is 10.2 Å². The molecule has 2 fully saturated rings. The number of carbonyl (C=O) groups is 2. The van der Waals surface area contributed by atoms with Gasteiger partial charge in [0.15, 0.2) is 11.5 Å². The van der Waals surface area contributed by atoms with Crippen LogP contribution >= 0.6 is 0 Å². The standard InChI is InChI=1S/C20H23N9O3/c1-22-16(20(31)29-5-2-6-32-29)14(7-21)28-19(30)17-18(26-13-8-23-11-24-9-13)25-10-15(27-17)12-3-4-12/h7-12,14,21H,2-6H2,1H3,(H,25,26)(H,28,30). The van der Waals surface area contributed by atoms with Crippen LogP contribution in [0.5, 0.6) is 0 Å². The van der Waals surface area contributed by atoms with Crippen molar-refractivity contribution >= 4 is 35.2 Å². The summed E-state index contributed by atoms with van der Waals surface area (Å²) in [7, 11) is 1.43. The predicted octanol–water partition coefficient (Wildman–Crippen LogP) is 0.870. The van der Waals surface area contributed by atoms with Crippen molar-refractivity contribution in [2.45, 2.75) is 31.2 Å². The van der Waals surface area contributed by atoms with Crippen LogP contribution in [-0.2, 0) is 9.63 Å². The van der Waals surface area contributed by atoms with E-state index in [2.05, 4.69) is 35.6 Å². The second-order valence-electron chi connectivity index (χ2n) is 7.34. The number of hydroxylamine groups is 2. The van der Waals surface area contributed by atoms with Gasteiger partial charge in [-0.05, 0) is 19.3 Å². The van der Waals surface area contributed by atoms with Gasteiger partial charge in [-0.3, -0.25) is 19.4 Å². The van der Waals surface area contributed by atoms with E-state index in [1.165, 1.54) is 18.4 Å². The van der Waals surface area contributed by atoms with Crippen molar-refractivity contribution in [3.63, 3.8) is 0 Å². The number of nitrogens with one attached hydrogen (secondary N) is 3. The zero-order valence-electron chi connectivity index (χ0n) is 17.5. The van der Waals surface area contributed by atoms with Crippen LogP contribution in [0.25, 0.3) is 0 Å². The molecule has 166 valence electrons. The van der Waals surface area contributed by atoms with Crippen LogP contribution in [0.2, 0.25) is 0 Å². The lowest BCUT2D eigenvalue weighted by Crippen LogP contribution is -2.49. The summed E-state index contributed by atoms with van der Waals surface area (Å²) in [5.74, 6) is -0.585. The number of aliphatic imine (C=N–C) groups is 1. The van der Waals surface area contributed by atoms with Gasteiger partial charge in [0.05, 0.1) is 43.1 Å². The summed E-state index contributed by atoms with van der Waals surface area (Å²) in [4.78, 5) is 52.0.